The maximum Gasteiger partial charge on any atom is 0.340 e. The average molecular weight is 333 g/mol. The van der Waals surface area contributed by atoms with Crippen molar-refractivity contribution >= 4 is 17.6 Å². The van der Waals surface area contributed by atoms with Crippen molar-refractivity contribution in [1.82, 2.24) is 0 Å². The summed E-state index contributed by atoms with van der Waals surface area (Å²) in [4.78, 5) is 24.3. The van der Waals surface area contributed by atoms with Gasteiger partial charge in [0.15, 0.2) is 0 Å². The van der Waals surface area contributed by atoms with Gasteiger partial charge in [-0.15, -0.1) is 0 Å². The molecule has 1 aromatic rings. The monoisotopic (exact) mass is 333 g/mol. The fourth-order valence-corrected chi connectivity index (χ4v) is 2.74. The van der Waals surface area contributed by atoms with E-state index in [-0.39, 0.29) is 11.9 Å². The molecule has 0 radical (unpaired) electrons. The molecule has 0 spiro atoms. The first kappa shape index (κ1) is 18.5. The zero-order chi connectivity index (χ0) is 17.2. The van der Waals surface area contributed by atoms with Crippen molar-refractivity contribution in [1.29, 1.82) is 0 Å². The predicted molar refractivity (Wildman–Crippen MR) is 93.0 cm³/mol. The molecule has 1 aromatic carbocycles. The molecule has 0 saturated carbocycles. The van der Waals surface area contributed by atoms with Crippen LogP contribution in [0.15, 0.2) is 24.3 Å². The maximum absolute atomic E-state index is 12.2. The molecule has 1 fully saturated rings. The number of anilines is 1. The molecule has 1 amide bonds. The Morgan fingerprint density at radius 1 is 1.25 bits per heavy atom. The lowest BCUT2D eigenvalue weighted by atomic mass is 9.95. The van der Waals surface area contributed by atoms with Gasteiger partial charge in [0.1, 0.15) is 0 Å². The lowest BCUT2D eigenvalue weighted by Gasteiger charge is -2.21. The Hall–Kier alpha value is -1.88. The van der Waals surface area contributed by atoms with Crippen LogP contribution in [0.2, 0.25) is 0 Å². The molecular formula is C19H27NO4. The van der Waals surface area contributed by atoms with E-state index in [1.54, 1.807) is 24.3 Å². The van der Waals surface area contributed by atoms with Crippen LogP contribution in [0.25, 0.3) is 0 Å². The molecule has 0 unspecified atom stereocenters. The van der Waals surface area contributed by atoms with Crippen molar-refractivity contribution in [3.8, 4) is 0 Å². The van der Waals surface area contributed by atoms with Crippen molar-refractivity contribution in [3.05, 3.63) is 29.8 Å². The van der Waals surface area contributed by atoms with E-state index in [2.05, 4.69) is 5.32 Å². The highest BCUT2D eigenvalue weighted by molar-refractivity contribution is 6.01. The largest absolute Gasteiger partial charge is 0.462 e. The Morgan fingerprint density at radius 2 is 2.00 bits per heavy atom. The van der Waals surface area contributed by atoms with Crippen molar-refractivity contribution in [2.24, 2.45) is 5.92 Å². The Kier molecular flexibility index (Phi) is 7.75. The number of unbranched alkanes of at least 4 members (excludes halogenated alkanes) is 1. The van der Waals surface area contributed by atoms with Crippen LogP contribution in [-0.2, 0) is 14.3 Å². The highest BCUT2D eigenvalue weighted by Gasteiger charge is 2.17. The average Bonchev–Trinajstić information content (AvgIpc) is 2.61. The standard InChI is InChI=1S/C19H27NO4/c1-2-3-12-24-19(22)16-6-4-5-7-17(16)20-18(21)9-8-15-10-13-23-14-11-15/h4-7,15H,2-3,8-14H2,1H3,(H,20,21). The molecule has 1 heterocycles. The van der Waals surface area contributed by atoms with Crippen molar-refractivity contribution < 1.29 is 19.1 Å². The predicted octanol–water partition coefficient (Wildman–Crippen LogP) is 3.79. The van der Waals surface area contributed by atoms with Crippen LogP contribution in [0.1, 0.15) is 55.8 Å². The highest BCUT2D eigenvalue weighted by Crippen LogP contribution is 2.21. The van der Waals surface area contributed by atoms with Crippen molar-refractivity contribution in [3.63, 3.8) is 0 Å². The molecule has 1 N–H and O–H groups in total. The Bertz CT molecular complexity index is 538. The van der Waals surface area contributed by atoms with Crippen LogP contribution in [0.5, 0.6) is 0 Å². The highest BCUT2D eigenvalue weighted by atomic mass is 16.5. The minimum absolute atomic E-state index is 0.0599. The molecule has 132 valence electrons. The Balaban J connectivity index is 1.86. The number of nitrogens with one attached hydrogen (secondary N) is 1. The molecule has 24 heavy (non-hydrogen) atoms. The summed E-state index contributed by atoms with van der Waals surface area (Å²) >= 11 is 0. The van der Waals surface area contributed by atoms with Gasteiger partial charge in [0.25, 0.3) is 0 Å². The second kappa shape index (κ2) is 10.1. The molecule has 5 heteroatoms. The molecule has 0 atom stereocenters. The summed E-state index contributed by atoms with van der Waals surface area (Å²) in [6.45, 7) is 4.03. The van der Waals surface area contributed by atoms with E-state index in [1.807, 2.05) is 6.92 Å². The van der Waals surface area contributed by atoms with E-state index in [0.717, 1.165) is 45.3 Å². The van der Waals surface area contributed by atoms with Crippen LogP contribution in [0.3, 0.4) is 0 Å². The number of hydrogen-bond acceptors (Lipinski definition) is 4. The molecule has 2 rings (SSSR count). The van der Waals surface area contributed by atoms with E-state index in [0.29, 0.717) is 30.2 Å². The third kappa shape index (κ3) is 5.96. The first-order valence-electron chi connectivity index (χ1n) is 8.84. The summed E-state index contributed by atoms with van der Waals surface area (Å²) in [7, 11) is 0. The Morgan fingerprint density at radius 3 is 2.75 bits per heavy atom. The van der Waals surface area contributed by atoms with Gasteiger partial charge in [0.05, 0.1) is 17.9 Å². The summed E-state index contributed by atoms with van der Waals surface area (Å²) in [5.74, 6) is 0.109. The Labute approximate surface area is 143 Å². The van der Waals surface area contributed by atoms with Gasteiger partial charge in [-0.05, 0) is 43.7 Å². The second-order valence-corrected chi connectivity index (χ2v) is 6.18. The first-order valence-corrected chi connectivity index (χ1v) is 8.84. The molecule has 0 aliphatic carbocycles. The number of para-hydroxylation sites is 1. The number of hydrogen-bond donors (Lipinski definition) is 1. The van der Waals surface area contributed by atoms with Crippen molar-refractivity contribution in [2.45, 2.75) is 45.4 Å². The maximum atomic E-state index is 12.2. The lowest BCUT2D eigenvalue weighted by molar-refractivity contribution is -0.116. The summed E-state index contributed by atoms with van der Waals surface area (Å²) in [5, 5.41) is 2.85. The van der Waals surface area contributed by atoms with Crippen LogP contribution in [0, 0.1) is 5.92 Å². The van der Waals surface area contributed by atoms with Gasteiger partial charge in [-0.25, -0.2) is 4.79 Å². The van der Waals surface area contributed by atoms with Gasteiger partial charge < -0.3 is 14.8 Å². The zero-order valence-electron chi connectivity index (χ0n) is 14.4. The SMILES string of the molecule is CCCCOC(=O)c1ccccc1NC(=O)CCC1CCOCC1. The summed E-state index contributed by atoms with van der Waals surface area (Å²) in [5.41, 5.74) is 0.934. The molecule has 5 nitrogen and oxygen atoms in total. The summed E-state index contributed by atoms with van der Waals surface area (Å²) in [6, 6.07) is 7.00. The van der Waals surface area contributed by atoms with Crippen LogP contribution in [-0.4, -0.2) is 31.7 Å². The van der Waals surface area contributed by atoms with Crippen LogP contribution in [0.4, 0.5) is 5.69 Å². The normalized spacial score (nSPS) is 15.0. The number of esters is 1. The van der Waals surface area contributed by atoms with E-state index >= 15 is 0 Å². The van der Waals surface area contributed by atoms with Gasteiger partial charge >= 0.3 is 5.97 Å². The summed E-state index contributed by atoms with van der Waals surface area (Å²) < 4.78 is 10.6. The molecule has 1 saturated heterocycles. The van der Waals surface area contributed by atoms with Gasteiger partial charge in [-0.1, -0.05) is 25.5 Å². The van der Waals surface area contributed by atoms with Crippen LogP contribution >= 0.6 is 0 Å². The second-order valence-electron chi connectivity index (χ2n) is 6.18. The molecular weight excluding hydrogens is 306 g/mol. The quantitative estimate of drug-likeness (QED) is 0.581. The summed E-state index contributed by atoms with van der Waals surface area (Å²) in [6.07, 6.45) is 5.17. The van der Waals surface area contributed by atoms with Gasteiger partial charge in [-0.3, -0.25) is 4.79 Å². The number of amides is 1. The van der Waals surface area contributed by atoms with E-state index in [4.69, 9.17) is 9.47 Å². The van der Waals surface area contributed by atoms with Crippen LogP contribution < -0.4 is 5.32 Å². The van der Waals surface area contributed by atoms with Gasteiger partial charge in [-0.2, -0.15) is 0 Å². The third-order valence-corrected chi connectivity index (χ3v) is 4.27. The molecule has 1 aliphatic rings. The van der Waals surface area contributed by atoms with Crippen molar-refractivity contribution in [2.75, 3.05) is 25.1 Å². The number of carbonyl (C=O) groups excluding carboxylic acids is 2. The van der Waals surface area contributed by atoms with E-state index < -0.39 is 0 Å². The van der Waals surface area contributed by atoms with E-state index in [9.17, 15) is 9.59 Å². The minimum Gasteiger partial charge on any atom is -0.462 e. The minimum atomic E-state index is -0.385. The number of carbonyl (C=O) groups is 2. The zero-order valence-corrected chi connectivity index (χ0v) is 14.4. The fourth-order valence-electron chi connectivity index (χ4n) is 2.74. The number of benzene rings is 1. The van der Waals surface area contributed by atoms with Gasteiger partial charge in [0.2, 0.25) is 5.91 Å². The van der Waals surface area contributed by atoms with E-state index in [1.165, 1.54) is 0 Å². The molecule has 0 bridgehead atoms. The lowest BCUT2D eigenvalue weighted by Crippen LogP contribution is -2.19. The molecule has 0 aromatic heterocycles. The number of rotatable bonds is 8. The smallest absolute Gasteiger partial charge is 0.340 e. The number of ether oxygens (including phenoxy) is 2. The fraction of sp³-hybridized carbons (Fsp3) is 0.579. The third-order valence-electron chi connectivity index (χ3n) is 4.27. The molecule has 1 aliphatic heterocycles. The topological polar surface area (TPSA) is 64.6 Å². The van der Waals surface area contributed by atoms with Gasteiger partial charge in [0, 0.05) is 19.6 Å². The first-order chi connectivity index (χ1) is 11.7.